The number of amides is 1. The average molecular weight is 636 g/mol. The summed E-state index contributed by atoms with van der Waals surface area (Å²) in [6.07, 6.45) is -1.62. The zero-order valence-corrected chi connectivity index (χ0v) is 26.8. The largest absolute Gasteiger partial charge is 0.495 e. The molecule has 14 heteroatoms. The van der Waals surface area contributed by atoms with Crippen molar-refractivity contribution in [3.8, 4) is 5.75 Å². The molecule has 10 nitrogen and oxygen atoms in total. The third-order valence-electron chi connectivity index (χ3n) is 7.31. The molecule has 1 aromatic heterocycles. The molecule has 2 aromatic carbocycles. The zero-order valence-electron chi connectivity index (χ0n) is 26.0. The van der Waals surface area contributed by atoms with Crippen molar-refractivity contribution >= 4 is 40.0 Å². The second-order valence-electron chi connectivity index (χ2n) is 10.2. The van der Waals surface area contributed by atoms with Crippen LogP contribution < -0.4 is 25.0 Å². The lowest BCUT2D eigenvalue weighted by molar-refractivity contribution is -0.137. The fourth-order valence-electron chi connectivity index (χ4n) is 4.46. The van der Waals surface area contributed by atoms with Crippen LogP contribution in [0.25, 0.3) is 0 Å². The molecule has 3 N–H and O–H groups in total. The Balaban J connectivity index is 1.85. The Labute approximate surface area is 259 Å². The van der Waals surface area contributed by atoms with Crippen molar-refractivity contribution in [2.24, 2.45) is 0 Å². The Bertz CT molecular complexity index is 1470. The van der Waals surface area contributed by atoms with Crippen LogP contribution in [-0.2, 0) is 23.7 Å². The number of carbonyl (C=O) groups is 1. The highest BCUT2D eigenvalue weighted by atomic mass is 32.2. The number of rotatable bonds is 14. The number of hydrogen-bond acceptors (Lipinski definition) is 8. The molecule has 0 bridgehead atoms. The van der Waals surface area contributed by atoms with Gasteiger partial charge in [-0.15, -0.1) is 0 Å². The lowest BCUT2D eigenvalue weighted by Gasteiger charge is -2.26. The molecule has 0 fully saturated rings. The van der Waals surface area contributed by atoms with Crippen molar-refractivity contribution in [1.29, 1.82) is 0 Å². The molecule has 2 atom stereocenters. The number of methoxy groups -OCH3 is 1. The fourth-order valence-corrected chi connectivity index (χ4v) is 4.90. The van der Waals surface area contributed by atoms with Gasteiger partial charge in [0.15, 0.2) is 0 Å². The van der Waals surface area contributed by atoms with E-state index >= 15 is 0 Å². The van der Waals surface area contributed by atoms with Crippen molar-refractivity contribution in [3.05, 3.63) is 64.8 Å². The van der Waals surface area contributed by atoms with Crippen LogP contribution in [0.15, 0.2) is 42.6 Å². The van der Waals surface area contributed by atoms with Gasteiger partial charge in [0.25, 0.3) is 5.91 Å². The maximum Gasteiger partial charge on any atom is 0.421 e. The van der Waals surface area contributed by atoms with Gasteiger partial charge < -0.3 is 25.6 Å². The highest BCUT2D eigenvalue weighted by molar-refractivity contribution is 7.85. The molecule has 3 rings (SSSR count). The molecule has 1 heterocycles. The molecule has 0 aliphatic rings. The minimum atomic E-state index is -4.71. The van der Waals surface area contributed by atoms with Crippen LogP contribution in [0.5, 0.6) is 5.75 Å². The highest BCUT2D eigenvalue weighted by Gasteiger charge is 2.35. The van der Waals surface area contributed by atoms with Gasteiger partial charge in [0.2, 0.25) is 5.95 Å². The second kappa shape index (κ2) is 15.2. The van der Waals surface area contributed by atoms with E-state index in [0.717, 1.165) is 18.5 Å². The first-order valence-electron chi connectivity index (χ1n) is 14.1. The van der Waals surface area contributed by atoms with Crippen LogP contribution in [0.4, 0.5) is 36.3 Å². The van der Waals surface area contributed by atoms with E-state index in [4.69, 9.17) is 4.74 Å². The van der Waals surface area contributed by atoms with E-state index in [1.807, 2.05) is 26.1 Å². The molecular formula is C30H40F3N7O3S. The predicted molar refractivity (Wildman–Crippen MR) is 169 cm³/mol. The number of likely N-dealkylation sites (N-methyl/N-ethyl adjacent to an activating group) is 1. The maximum atomic E-state index is 13.9. The Morgan fingerprint density at radius 2 is 1.86 bits per heavy atom. The molecule has 0 spiro atoms. The summed E-state index contributed by atoms with van der Waals surface area (Å²) in [6, 6.07) is 10.3. The van der Waals surface area contributed by atoms with Crippen LogP contribution in [0.1, 0.15) is 47.3 Å². The molecule has 0 aliphatic heterocycles. The zero-order chi connectivity index (χ0) is 32.6. The summed E-state index contributed by atoms with van der Waals surface area (Å²) in [6.45, 7) is 7.31. The molecule has 0 radical (unpaired) electrons. The Kier molecular flexibility index (Phi) is 11.9. The molecule has 3 aromatic rings. The SMILES string of the molecule is CC[C@@H](CNC(=O)c1ccc(Nc2ncc(C(F)(F)F)c(NCc3ccc(C)cc3N(C)S(C)=O)n2)c(OC)c1)N(C)CC. The first-order valence-corrected chi connectivity index (χ1v) is 15.6. The Hall–Kier alpha value is -3.91. The van der Waals surface area contributed by atoms with Crippen LogP contribution in [0.3, 0.4) is 0 Å². The molecule has 0 saturated carbocycles. The lowest BCUT2D eigenvalue weighted by Crippen LogP contribution is -2.41. The number of hydrogen-bond donors (Lipinski definition) is 3. The third kappa shape index (κ3) is 8.82. The minimum absolute atomic E-state index is 0.0171. The van der Waals surface area contributed by atoms with Crippen molar-refractivity contribution in [1.82, 2.24) is 20.2 Å². The quantitative estimate of drug-likeness (QED) is 0.217. The number of halogens is 3. The number of anilines is 4. The summed E-state index contributed by atoms with van der Waals surface area (Å²) < 4.78 is 60.8. The number of benzene rings is 2. The molecule has 0 aliphatic carbocycles. The number of alkyl halides is 3. The summed E-state index contributed by atoms with van der Waals surface area (Å²) in [4.78, 5) is 23.0. The molecule has 240 valence electrons. The normalized spacial score (nSPS) is 12.9. The maximum absolute atomic E-state index is 13.9. The van der Waals surface area contributed by atoms with E-state index in [-0.39, 0.29) is 30.2 Å². The van der Waals surface area contributed by atoms with E-state index < -0.39 is 28.5 Å². The van der Waals surface area contributed by atoms with Gasteiger partial charge in [-0.05, 0) is 62.3 Å². The number of nitrogens with one attached hydrogen (secondary N) is 3. The number of aryl methyl sites for hydroxylation is 1. The number of nitrogens with zero attached hydrogens (tertiary/aromatic N) is 4. The van der Waals surface area contributed by atoms with Crippen molar-refractivity contribution in [3.63, 3.8) is 0 Å². The molecule has 1 unspecified atom stereocenters. The first kappa shape index (κ1) is 34.6. The Morgan fingerprint density at radius 3 is 2.48 bits per heavy atom. The van der Waals surface area contributed by atoms with E-state index in [0.29, 0.717) is 35.2 Å². The molecular weight excluding hydrogens is 595 g/mol. The van der Waals surface area contributed by atoms with Crippen molar-refractivity contribution in [2.45, 2.75) is 46.0 Å². The van der Waals surface area contributed by atoms with Crippen LogP contribution in [-0.4, -0.2) is 71.6 Å². The summed E-state index contributed by atoms with van der Waals surface area (Å²) >= 11 is 0. The lowest BCUT2D eigenvalue weighted by atomic mass is 10.1. The number of ether oxygens (including phenoxy) is 1. The van der Waals surface area contributed by atoms with Crippen molar-refractivity contribution in [2.75, 3.05) is 55.5 Å². The fraction of sp³-hybridized carbons (Fsp3) is 0.433. The molecule has 1 amide bonds. The third-order valence-corrected chi connectivity index (χ3v) is 8.28. The van der Waals surface area contributed by atoms with Gasteiger partial charge in [-0.2, -0.15) is 18.2 Å². The van der Waals surface area contributed by atoms with Crippen molar-refractivity contribution < 1.29 is 26.9 Å². The van der Waals surface area contributed by atoms with E-state index in [1.165, 1.54) is 13.4 Å². The number of aromatic nitrogens is 2. The smallest absolute Gasteiger partial charge is 0.421 e. The summed E-state index contributed by atoms with van der Waals surface area (Å²) in [7, 11) is 3.74. The van der Waals surface area contributed by atoms with Gasteiger partial charge in [0, 0.05) is 44.2 Å². The topological polar surface area (TPSA) is 112 Å². The van der Waals surface area contributed by atoms with Gasteiger partial charge in [-0.1, -0.05) is 26.0 Å². The average Bonchev–Trinajstić information content (AvgIpc) is 2.99. The summed E-state index contributed by atoms with van der Waals surface area (Å²) in [5.74, 6) is -0.532. The summed E-state index contributed by atoms with van der Waals surface area (Å²) in [5.41, 5.74) is 1.86. The number of carbonyl (C=O) groups excluding carboxylic acids is 1. The first-order chi connectivity index (χ1) is 20.8. The predicted octanol–water partition coefficient (Wildman–Crippen LogP) is 5.36. The summed E-state index contributed by atoms with van der Waals surface area (Å²) in [5, 5.41) is 8.63. The highest BCUT2D eigenvalue weighted by Crippen LogP contribution is 2.35. The monoisotopic (exact) mass is 635 g/mol. The van der Waals surface area contributed by atoms with Gasteiger partial charge in [0.1, 0.15) is 28.1 Å². The standard InChI is InChI=1S/C30H40F3N7O3S/c1-8-22(39(4)9-2)17-35-28(41)20-12-13-24(26(15-20)43-6)37-29-36-18-23(30(31,32)33)27(38-29)34-16-21-11-10-19(3)14-25(21)40(5)44(7)42/h10-15,18,22H,8-9,16-17H2,1-7H3,(H,35,41)(H2,34,36,37,38)/t22-,44?/m0/s1. The second-order valence-corrected chi connectivity index (χ2v) is 11.6. The van der Waals surface area contributed by atoms with Gasteiger partial charge >= 0.3 is 6.18 Å². The Morgan fingerprint density at radius 1 is 1.14 bits per heavy atom. The minimum Gasteiger partial charge on any atom is -0.495 e. The van der Waals surface area contributed by atoms with E-state index in [1.54, 1.807) is 35.6 Å². The molecule has 44 heavy (non-hydrogen) atoms. The molecule has 0 saturated heterocycles. The van der Waals surface area contributed by atoms with Crippen LogP contribution >= 0.6 is 0 Å². The van der Waals surface area contributed by atoms with Gasteiger partial charge in [-0.3, -0.25) is 9.10 Å². The van der Waals surface area contributed by atoms with Crippen LogP contribution in [0, 0.1) is 6.92 Å². The van der Waals surface area contributed by atoms with E-state index in [9.17, 15) is 22.2 Å². The van der Waals surface area contributed by atoms with Gasteiger partial charge in [-0.25, -0.2) is 9.19 Å². The van der Waals surface area contributed by atoms with Gasteiger partial charge in [0.05, 0.1) is 18.5 Å². The van der Waals surface area contributed by atoms with Crippen LogP contribution in [0.2, 0.25) is 0 Å². The van der Waals surface area contributed by atoms with E-state index in [2.05, 4.69) is 44.7 Å².